The Kier molecular flexibility index (Phi) is 9.52. The summed E-state index contributed by atoms with van der Waals surface area (Å²) in [5, 5.41) is 3.31. The van der Waals surface area contributed by atoms with Crippen LogP contribution >= 0.6 is 0 Å². The van der Waals surface area contributed by atoms with Crippen LogP contribution in [0, 0.1) is 0 Å². The van der Waals surface area contributed by atoms with Crippen LogP contribution in [0.3, 0.4) is 0 Å². The molecule has 1 saturated carbocycles. The second kappa shape index (κ2) is 11.9. The molecule has 1 heterocycles. The molecule has 2 fully saturated rings. The summed E-state index contributed by atoms with van der Waals surface area (Å²) in [5.74, 6) is 0.921. The summed E-state index contributed by atoms with van der Waals surface area (Å²) in [5.41, 5.74) is 1.38. The largest absolute Gasteiger partial charge is 0.616 e. The SMILES string of the molecule is C[S+]([O-])CN[C@H]1CCCN(CCC(F)(F)F)[C@H]1CO[C@H]1CC[C@@H](c2ccccc2)CC1. The minimum atomic E-state index is -4.16. The van der Waals surface area contributed by atoms with Crippen LogP contribution in [0.2, 0.25) is 0 Å². The number of piperidine rings is 1. The first kappa shape index (κ1) is 24.8. The van der Waals surface area contributed by atoms with Crippen LogP contribution in [0.4, 0.5) is 13.2 Å². The van der Waals surface area contributed by atoms with E-state index in [2.05, 4.69) is 29.6 Å². The molecule has 3 rings (SSSR count). The molecule has 1 aliphatic heterocycles. The van der Waals surface area contributed by atoms with Crippen LogP contribution in [-0.2, 0) is 15.9 Å². The number of hydrogen-bond donors (Lipinski definition) is 1. The van der Waals surface area contributed by atoms with Gasteiger partial charge in [0.2, 0.25) is 0 Å². The first-order chi connectivity index (χ1) is 14.8. The molecule has 3 atom stereocenters. The maximum Gasteiger partial charge on any atom is 0.390 e. The van der Waals surface area contributed by atoms with Crippen molar-refractivity contribution in [2.75, 3.05) is 31.8 Å². The minimum absolute atomic E-state index is 0.00606. The Bertz CT molecular complexity index is 639. The maximum absolute atomic E-state index is 12.8. The summed E-state index contributed by atoms with van der Waals surface area (Å²) >= 11 is -0.992. The van der Waals surface area contributed by atoms with E-state index in [1.807, 2.05) is 11.0 Å². The molecule has 1 aromatic rings. The second-order valence-electron chi connectivity index (χ2n) is 8.86. The van der Waals surface area contributed by atoms with Gasteiger partial charge in [0.25, 0.3) is 0 Å². The smallest absolute Gasteiger partial charge is 0.390 e. The number of nitrogens with one attached hydrogen (secondary N) is 1. The summed E-state index contributed by atoms with van der Waals surface area (Å²) in [6.07, 6.45) is 2.64. The van der Waals surface area contributed by atoms with Gasteiger partial charge in [0.15, 0.2) is 5.88 Å². The van der Waals surface area contributed by atoms with Gasteiger partial charge in [-0.15, -0.1) is 0 Å². The van der Waals surface area contributed by atoms with Gasteiger partial charge in [-0.05, 0) is 67.7 Å². The standard InChI is InChI=1S/C23H35F3N2O2S/c1-31(29)17-27-21-8-5-14-28(15-13-23(24,25)26)22(21)16-30-20-11-9-19(10-12-20)18-6-3-2-4-7-18/h2-4,6-7,19-22,27H,5,8-17H2,1H3/t19-,20+,21-,22-,31?/m0/s1. The molecular weight excluding hydrogens is 425 g/mol. The molecule has 1 unspecified atom stereocenters. The monoisotopic (exact) mass is 460 g/mol. The number of nitrogens with zero attached hydrogens (tertiary/aromatic N) is 1. The van der Waals surface area contributed by atoms with Crippen LogP contribution in [0.25, 0.3) is 0 Å². The van der Waals surface area contributed by atoms with Gasteiger partial charge < -0.3 is 9.29 Å². The zero-order valence-electron chi connectivity index (χ0n) is 18.3. The van der Waals surface area contributed by atoms with Crippen LogP contribution in [-0.4, -0.2) is 65.6 Å². The van der Waals surface area contributed by atoms with Gasteiger partial charge in [-0.3, -0.25) is 10.2 Å². The Morgan fingerprint density at radius 3 is 2.48 bits per heavy atom. The van der Waals surface area contributed by atoms with E-state index < -0.39 is 23.8 Å². The molecule has 176 valence electrons. The molecule has 1 aliphatic carbocycles. The van der Waals surface area contributed by atoms with E-state index in [-0.39, 0.29) is 24.7 Å². The fraction of sp³-hybridized carbons (Fsp3) is 0.739. The molecule has 31 heavy (non-hydrogen) atoms. The maximum atomic E-state index is 12.8. The van der Waals surface area contributed by atoms with Gasteiger partial charge >= 0.3 is 6.18 Å². The molecule has 0 aromatic heterocycles. The van der Waals surface area contributed by atoms with Gasteiger partial charge in [-0.1, -0.05) is 30.3 Å². The molecule has 0 amide bonds. The van der Waals surface area contributed by atoms with E-state index in [1.165, 1.54) is 5.56 Å². The highest BCUT2D eigenvalue weighted by Crippen LogP contribution is 2.34. The van der Waals surface area contributed by atoms with Crippen molar-refractivity contribution >= 4 is 11.2 Å². The molecule has 0 radical (unpaired) electrons. The van der Waals surface area contributed by atoms with Crippen LogP contribution in [0.5, 0.6) is 0 Å². The lowest BCUT2D eigenvalue weighted by molar-refractivity contribution is -0.142. The summed E-state index contributed by atoms with van der Waals surface area (Å²) < 4.78 is 56.3. The predicted octanol–water partition coefficient (Wildman–Crippen LogP) is 4.44. The highest BCUT2D eigenvalue weighted by atomic mass is 32.2. The lowest BCUT2D eigenvalue weighted by Crippen LogP contribution is -2.57. The Labute approximate surface area is 187 Å². The average Bonchev–Trinajstić information content (AvgIpc) is 2.75. The van der Waals surface area contributed by atoms with E-state index in [0.717, 1.165) is 38.5 Å². The first-order valence-corrected chi connectivity index (χ1v) is 13.1. The second-order valence-corrected chi connectivity index (χ2v) is 10.3. The molecule has 4 nitrogen and oxygen atoms in total. The molecule has 1 saturated heterocycles. The number of ether oxygens (including phenoxy) is 1. The minimum Gasteiger partial charge on any atom is -0.616 e. The zero-order chi connectivity index (χ0) is 22.3. The lowest BCUT2D eigenvalue weighted by atomic mass is 9.83. The molecule has 0 bridgehead atoms. The fourth-order valence-electron chi connectivity index (χ4n) is 4.88. The summed E-state index contributed by atoms with van der Waals surface area (Å²) in [6, 6.07) is 10.4. The van der Waals surface area contributed by atoms with E-state index in [1.54, 1.807) is 6.26 Å². The Hall–Kier alpha value is -0.800. The molecule has 8 heteroatoms. The summed E-state index contributed by atoms with van der Waals surface area (Å²) in [6.45, 7) is 1.07. The van der Waals surface area contributed by atoms with E-state index in [4.69, 9.17) is 4.74 Å². The quantitative estimate of drug-likeness (QED) is 0.554. The molecule has 0 spiro atoms. The van der Waals surface area contributed by atoms with E-state index in [0.29, 0.717) is 24.9 Å². The van der Waals surface area contributed by atoms with Crippen molar-refractivity contribution in [1.82, 2.24) is 10.2 Å². The third-order valence-corrected chi connectivity index (χ3v) is 7.15. The molecule has 2 aliphatic rings. The van der Waals surface area contributed by atoms with Crippen LogP contribution in [0.15, 0.2) is 30.3 Å². The normalized spacial score (nSPS) is 29.1. The van der Waals surface area contributed by atoms with Crippen LogP contribution in [0.1, 0.15) is 56.4 Å². The zero-order valence-corrected chi connectivity index (χ0v) is 19.1. The molecular formula is C23H35F3N2O2S. The van der Waals surface area contributed by atoms with E-state index >= 15 is 0 Å². The Balaban J connectivity index is 1.54. The number of hydrogen-bond acceptors (Lipinski definition) is 4. The third-order valence-electron chi connectivity index (χ3n) is 6.57. The topological polar surface area (TPSA) is 47.6 Å². The molecule has 1 aromatic carbocycles. The van der Waals surface area contributed by atoms with Crippen molar-refractivity contribution in [2.24, 2.45) is 0 Å². The van der Waals surface area contributed by atoms with Gasteiger partial charge in [0, 0.05) is 18.6 Å². The van der Waals surface area contributed by atoms with Gasteiger partial charge in [-0.25, -0.2) is 0 Å². The number of halogens is 3. The van der Waals surface area contributed by atoms with Crippen molar-refractivity contribution in [2.45, 2.75) is 75.2 Å². The number of alkyl halides is 3. The van der Waals surface area contributed by atoms with Crippen molar-refractivity contribution in [3.63, 3.8) is 0 Å². The first-order valence-electron chi connectivity index (χ1n) is 11.3. The highest BCUT2D eigenvalue weighted by molar-refractivity contribution is 7.90. The van der Waals surface area contributed by atoms with Crippen molar-refractivity contribution in [3.05, 3.63) is 35.9 Å². The number of rotatable bonds is 9. The lowest BCUT2D eigenvalue weighted by Gasteiger charge is -2.42. The average molecular weight is 461 g/mol. The van der Waals surface area contributed by atoms with Crippen molar-refractivity contribution in [3.8, 4) is 0 Å². The predicted molar refractivity (Wildman–Crippen MR) is 119 cm³/mol. The molecule has 1 N–H and O–H groups in total. The van der Waals surface area contributed by atoms with Crippen molar-refractivity contribution < 1.29 is 22.5 Å². The number of likely N-dealkylation sites (tertiary alicyclic amines) is 1. The summed E-state index contributed by atoms with van der Waals surface area (Å²) in [7, 11) is 0. The Morgan fingerprint density at radius 2 is 1.84 bits per heavy atom. The summed E-state index contributed by atoms with van der Waals surface area (Å²) in [4.78, 5) is 1.92. The van der Waals surface area contributed by atoms with Gasteiger partial charge in [0.1, 0.15) is 0 Å². The van der Waals surface area contributed by atoms with Crippen molar-refractivity contribution in [1.29, 1.82) is 0 Å². The third kappa shape index (κ3) is 8.24. The van der Waals surface area contributed by atoms with Gasteiger partial charge in [-0.2, -0.15) is 13.2 Å². The fourth-order valence-corrected chi connectivity index (χ4v) is 5.33. The van der Waals surface area contributed by atoms with Gasteiger partial charge in [0.05, 0.1) is 25.4 Å². The highest BCUT2D eigenvalue weighted by Gasteiger charge is 2.36. The van der Waals surface area contributed by atoms with Crippen LogP contribution < -0.4 is 5.32 Å². The van der Waals surface area contributed by atoms with E-state index in [9.17, 15) is 17.7 Å². The Morgan fingerprint density at radius 1 is 1.13 bits per heavy atom. The number of benzene rings is 1.